The fraction of sp³-hybridized carbons (Fsp3) is 0.294. The third-order valence-corrected chi connectivity index (χ3v) is 6.55. The van der Waals surface area contributed by atoms with Crippen LogP contribution in [-0.4, -0.2) is 11.1 Å². The first-order chi connectivity index (χ1) is 10.2. The van der Waals surface area contributed by atoms with Gasteiger partial charge in [0.25, 0.3) is 0 Å². The first kappa shape index (κ1) is 13.6. The molecule has 1 nitrogen and oxygen atoms in total. The molecule has 1 aromatic carbocycles. The van der Waals surface area contributed by atoms with Crippen LogP contribution in [0.25, 0.3) is 0 Å². The highest BCUT2D eigenvalue weighted by molar-refractivity contribution is 7.80. The van der Waals surface area contributed by atoms with E-state index in [2.05, 4.69) is 35.5 Å². The monoisotopic (exact) mass is 331 g/mol. The highest BCUT2D eigenvalue weighted by Gasteiger charge is 2.44. The third kappa shape index (κ3) is 2.10. The van der Waals surface area contributed by atoms with Gasteiger partial charge in [-0.2, -0.15) is 0 Å². The van der Waals surface area contributed by atoms with Crippen molar-refractivity contribution < 1.29 is 0 Å². The first-order valence-electron chi connectivity index (χ1n) is 7.12. The molecule has 2 atom stereocenters. The zero-order valence-electron chi connectivity index (χ0n) is 11.4. The number of nitrogens with zero attached hydrogens (tertiary/aromatic N) is 1. The van der Waals surface area contributed by atoms with Crippen LogP contribution in [0.15, 0.2) is 41.4 Å². The molecule has 2 unspecified atom stereocenters. The molecule has 0 bridgehead atoms. The predicted molar refractivity (Wildman–Crippen MR) is 94.8 cm³/mol. The SMILES string of the molecule is S=C1CCC(c2ccc(Cl)s2)CC12C=Nc1ccccc12. The second-order valence-corrected chi connectivity index (χ2v) is 7.99. The van der Waals surface area contributed by atoms with Gasteiger partial charge in [-0.05, 0) is 48.9 Å². The minimum Gasteiger partial charge on any atom is -0.260 e. The summed E-state index contributed by atoms with van der Waals surface area (Å²) >= 11 is 13.6. The third-order valence-electron chi connectivity index (χ3n) is 4.59. The van der Waals surface area contributed by atoms with Gasteiger partial charge in [-0.3, -0.25) is 4.99 Å². The molecule has 106 valence electrons. The zero-order valence-corrected chi connectivity index (χ0v) is 13.8. The summed E-state index contributed by atoms with van der Waals surface area (Å²) in [5, 5.41) is 0. The lowest BCUT2D eigenvalue weighted by molar-refractivity contribution is 0.505. The fourth-order valence-corrected chi connectivity index (χ4v) is 5.08. The van der Waals surface area contributed by atoms with Crippen LogP contribution < -0.4 is 0 Å². The van der Waals surface area contributed by atoms with Crippen LogP contribution in [0.1, 0.15) is 35.6 Å². The van der Waals surface area contributed by atoms with Gasteiger partial charge in [0.1, 0.15) is 0 Å². The lowest BCUT2D eigenvalue weighted by Crippen LogP contribution is -2.39. The Hall–Kier alpha value is -1.03. The lowest BCUT2D eigenvalue weighted by Gasteiger charge is -2.37. The highest BCUT2D eigenvalue weighted by atomic mass is 35.5. The number of hydrogen-bond donors (Lipinski definition) is 0. The summed E-state index contributed by atoms with van der Waals surface area (Å²) < 4.78 is 0.868. The van der Waals surface area contributed by atoms with Crippen molar-refractivity contribution in [2.45, 2.75) is 30.6 Å². The van der Waals surface area contributed by atoms with Crippen molar-refractivity contribution in [1.29, 1.82) is 0 Å². The summed E-state index contributed by atoms with van der Waals surface area (Å²) in [5.41, 5.74) is 2.21. The minimum absolute atomic E-state index is 0.148. The molecular formula is C17H14ClNS2. The van der Waals surface area contributed by atoms with E-state index in [1.807, 2.05) is 12.1 Å². The van der Waals surface area contributed by atoms with Crippen LogP contribution in [0.2, 0.25) is 4.34 Å². The summed E-state index contributed by atoms with van der Waals surface area (Å²) in [7, 11) is 0. The van der Waals surface area contributed by atoms with E-state index >= 15 is 0 Å². The van der Waals surface area contributed by atoms with Crippen LogP contribution in [0.3, 0.4) is 0 Å². The Labute approximate surface area is 138 Å². The van der Waals surface area contributed by atoms with Crippen molar-refractivity contribution in [3.63, 3.8) is 0 Å². The van der Waals surface area contributed by atoms with Crippen molar-refractivity contribution >= 4 is 51.9 Å². The van der Waals surface area contributed by atoms with E-state index in [0.29, 0.717) is 5.92 Å². The standard InChI is InChI=1S/C17H14ClNS2/c18-16-8-6-14(21-16)11-5-7-15(20)17(9-11)10-19-13-4-2-1-3-12(13)17/h1-4,6,8,10-11H,5,7,9H2. The molecule has 1 aliphatic carbocycles. The van der Waals surface area contributed by atoms with Gasteiger partial charge in [-0.15, -0.1) is 11.3 Å². The Morgan fingerprint density at radius 2 is 2.10 bits per heavy atom. The summed E-state index contributed by atoms with van der Waals surface area (Å²) in [4.78, 5) is 7.13. The van der Waals surface area contributed by atoms with Crippen LogP contribution >= 0.6 is 35.2 Å². The second-order valence-electron chi connectivity index (χ2n) is 5.75. The fourth-order valence-electron chi connectivity index (χ4n) is 3.52. The highest BCUT2D eigenvalue weighted by Crippen LogP contribution is 2.50. The molecule has 0 radical (unpaired) electrons. The smallest absolute Gasteiger partial charge is 0.0931 e. The van der Waals surface area contributed by atoms with Gasteiger partial charge in [-0.1, -0.05) is 42.0 Å². The zero-order chi connectivity index (χ0) is 14.4. The molecule has 1 spiro atoms. The van der Waals surface area contributed by atoms with Crippen LogP contribution in [0.4, 0.5) is 5.69 Å². The van der Waals surface area contributed by atoms with E-state index in [1.165, 1.54) is 10.4 Å². The maximum Gasteiger partial charge on any atom is 0.0931 e. The van der Waals surface area contributed by atoms with Gasteiger partial charge in [0.15, 0.2) is 0 Å². The maximum absolute atomic E-state index is 6.11. The van der Waals surface area contributed by atoms with E-state index < -0.39 is 0 Å². The van der Waals surface area contributed by atoms with Gasteiger partial charge < -0.3 is 0 Å². The number of halogens is 1. The van der Waals surface area contributed by atoms with Crippen LogP contribution in [0, 0.1) is 0 Å². The molecule has 0 amide bonds. The molecule has 1 saturated carbocycles. The Bertz CT molecular complexity index is 749. The van der Waals surface area contributed by atoms with Crippen molar-refractivity contribution in [3.05, 3.63) is 51.2 Å². The Kier molecular flexibility index (Phi) is 3.25. The predicted octanol–water partition coefficient (Wildman–Crippen LogP) is 5.69. The van der Waals surface area contributed by atoms with Gasteiger partial charge in [0.05, 0.1) is 15.4 Å². The van der Waals surface area contributed by atoms with E-state index in [9.17, 15) is 0 Å². The Morgan fingerprint density at radius 1 is 1.24 bits per heavy atom. The summed E-state index contributed by atoms with van der Waals surface area (Å²) in [6.45, 7) is 0. The van der Waals surface area contributed by atoms with Crippen LogP contribution in [0.5, 0.6) is 0 Å². The summed E-state index contributed by atoms with van der Waals surface area (Å²) in [6, 6.07) is 12.5. The topological polar surface area (TPSA) is 12.4 Å². The number of aliphatic imine (C=N–C) groups is 1. The quantitative estimate of drug-likeness (QED) is 0.611. The van der Waals surface area contributed by atoms with Gasteiger partial charge in [0, 0.05) is 16.0 Å². The number of fused-ring (bicyclic) bond motifs is 2. The normalized spacial score (nSPS) is 27.3. The number of benzene rings is 1. The molecule has 1 aliphatic heterocycles. The largest absolute Gasteiger partial charge is 0.260 e. The molecule has 0 N–H and O–H groups in total. The van der Waals surface area contributed by atoms with Crippen molar-refractivity contribution in [2.75, 3.05) is 0 Å². The molecule has 2 heterocycles. The first-order valence-corrected chi connectivity index (χ1v) is 8.72. The van der Waals surface area contributed by atoms with Crippen molar-refractivity contribution in [3.8, 4) is 0 Å². The summed E-state index contributed by atoms with van der Waals surface area (Å²) in [6.07, 6.45) is 5.20. The molecule has 0 saturated heterocycles. The second kappa shape index (κ2) is 5.01. The maximum atomic E-state index is 6.11. The lowest BCUT2D eigenvalue weighted by atomic mass is 9.66. The molecule has 4 heteroatoms. The Morgan fingerprint density at radius 3 is 2.90 bits per heavy atom. The average molecular weight is 332 g/mol. The van der Waals surface area contributed by atoms with Crippen molar-refractivity contribution in [1.82, 2.24) is 0 Å². The van der Waals surface area contributed by atoms with Gasteiger partial charge >= 0.3 is 0 Å². The number of thiophene rings is 1. The average Bonchev–Trinajstić information content (AvgIpc) is 3.08. The molecule has 2 aromatic rings. The van der Waals surface area contributed by atoms with Crippen molar-refractivity contribution in [2.24, 2.45) is 4.99 Å². The van der Waals surface area contributed by atoms with E-state index in [-0.39, 0.29) is 5.41 Å². The van der Waals surface area contributed by atoms with E-state index in [0.717, 1.165) is 34.2 Å². The number of para-hydroxylation sites is 1. The molecule has 1 aromatic heterocycles. The number of thiocarbonyl (C=S) groups is 1. The molecule has 21 heavy (non-hydrogen) atoms. The number of hydrogen-bond acceptors (Lipinski definition) is 3. The van der Waals surface area contributed by atoms with Crippen LogP contribution in [-0.2, 0) is 5.41 Å². The van der Waals surface area contributed by atoms with E-state index in [4.69, 9.17) is 23.8 Å². The summed E-state index contributed by atoms with van der Waals surface area (Å²) in [5.74, 6) is 0.520. The Balaban J connectivity index is 1.75. The number of rotatable bonds is 1. The molecule has 4 rings (SSSR count). The molecular weight excluding hydrogens is 318 g/mol. The van der Waals surface area contributed by atoms with Gasteiger partial charge in [0.2, 0.25) is 0 Å². The van der Waals surface area contributed by atoms with E-state index in [1.54, 1.807) is 11.3 Å². The molecule has 1 fully saturated rings. The molecule has 2 aliphatic rings. The van der Waals surface area contributed by atoms with Gasteiger partial charge in [-0.25, -0.2) is 0 Å². The minimum atomic E-state index is -0.148.